The predicted octanol–water partition coefficient (Wildman–Crippen LogP) is 0.630. The molecule has 11 heteroatoms. The largest absolute Gasteiger partial charge is 1.00 e. The number of primary amides is 1. The van der Waals surface area contributed by atoms with Crippen LogP contribution in [-0.4, -0.2) is 20.6 Å². The number of anilines is 3. The maximum Gasteiger partial charge on any atom is 1.00 e. The van der Waals surface area contributed by atoms with Crippen molar-refractivity contribution in [1.29, 1.82) is 0 Å². The van der Waals surface area contributed by atoms with Crippen molar-refractivity contribution in [2.24, 2.45) is 5.73 Å². The van der Waals surface area contributed by atoms with Gasteiger partial charge >= 0.3 is 35.5 Å². The molecule has 0 aliphatic heterocycles. The molecule has 0 saturated heterocycles. The molecule has 1 atom stereocenters. The second kappa shape index (κ2) is 11.1. The number of rotatable bonds is 7. The van der Waals surface area contributed by atoms with Crippen molar-refractivity contribution in [2.45, 2.75) is 19.3 Å². The number of benzene rings is 2. The minimum Gasteiger partial charge on any atom is -1.00 e. The summed E-state index contributed by atoms with van der Waals surface area (Å²) in [4.78, 5) is 24.6. The first-order valence-electron chi connectivity index (χ1n) is 8.61. The normalized spacial score (nSPS) is 13.6. The Kier molecular flexibility index (Phi) is 9.08. The molecule has 0 fully saturated rings. The van der Waals surface area contributed by atoms with Gasteiger partial charge in [0.1, 0.15) is 11.3 Å². The van der Waals surface area contributed by atoms with Crippen molar-refractivity contribution < 1.29 is 54.1 Å². The summed E-state index contributed by atoms with van der Waals surface area (Å²) < 4.78 is 30.8. The average molecular weight is 503 g/mol. The Morgan fingerprint density at radius 2 is 1.90 bits per heavy atom. The molecule has 3 rings (SSSR count). The summed E-state index contributed by atoms with van der Waals surface area (Å²) in [5, 5.41) is 2.97. The third-order valence-corrected chi connectivity index (χ3v) is 5.14. The fraction of sp³-hybridized carbons (Fsp3) is 0.158. The molecule has 2 aromatic carbocycles. The number of amides is 1. The first kappa shape index (κ1) is 24.6. The average Bonchev–Trinajstić information content (AvgIpc) is 3.20. The number of ether oxygens (including phenoxy) is 1. The van der Waals surface area contributed by atoms with E-state index in [1.165, 1.54) is 12.1 Å². The Bertz CT molecular complexity index is 1020. The van der Waals surface area contributed by atoms with Crippen LogP contribution in [0.4, 0.5) is 17.1 Å². The van der Waals surface area contributed by atoms with Crippen LogP contribution in [0.1, 0.15) is 31.0 Å². The Balaban J connectivity index is 0.00000240. The number of carbonyl (C=O) groups excluding carboxylic acids is 2. The number of halogens is 1. The van der Waals surface area contributed by atoms with Crippen molar-refractivity contribution in [2.75, 3.05) is 10.0 Å². The van der Waals surface area contributed by atoms with Crippen LogP contribution in [0.15, 0.2) is 52.5 Å². The van der Waals surface area contributed by atoms with Crippen LogP contribution in [0.25, 0.3) is 0 Å². The van der Waals surface area contributed by atoms with Crippen molar-refractivity contribution in [1.82, 2.24) is 0 Å². The molecule has 1 aliphatic carbocycles. The van der Waals surface area contributed by atoms with Gasteiger partial charge in [-0.25, -0.2) is 4.79 Å². The van der Waals surface area contributed by atoms with Crippen molar-refractivity contribution >= 4 is 56.1 Å². The van der Waals surface area contributed by atoms with Crippen molar-refractivity contribution in [3.05, 3.63) is 58.1 Å². The monoisotopic (exact) mass is 502 g/mol. The standard InChI is InChI=1S/C19H18BrN3O5S.Na.H/c20-12-5-7-13(8-6-12)22-17-14(23-29(26)27)9-10-15(16(17)18(21)24)28-19(25)11-3-1-2-4-11;;/h3,5-10,22-23H,1-2,4H2,(H2,21,24)(H,26,27);;/q;+1;-1/p-1. The van der Waals surface area contributed by atoms with Gasteiger partial charge in [0.2, 0.25) is 0 Å². The van der Waals surface area contributed by atoms with E-state index < -0.39 is 23.1 Å². The molecule has 8 nitrogen and oxygen atoms in total. The fourth-order valence-corrected chi connectivity index (χ4v) is 3.53. The van der Waals surface area contributed by atoms with E-state index in [1.54, 1.807) is 30.3 Å². The summed E-state index contributed by atoms with van der Waals surface area (Å²) in [5.74, 6) is -1.50. The first-order chi connectivity index (χ1) is 13.8. The topological polar surface area (TPSA) is 134 Å². The summed E-state index contributed by atoms with van der Waals surface area (Å²) in [7, 11) is 0. The number of hydrogen-bond acceptors (Lipinski definition) is 6. The van der Waals surface area contributed by atoms with Gasteiger partial charge in [0.25, 0.3) is 5.91 Å². The molecular weight excluding hydrogens is 485 g/mol. The van der Waals surface area contributed by atoms with E-state index >= 15 is 0 Å². The minimum atomic E-state index is -2.65. The maximum absolute atomic E-state index is 12.4. The van der Waals surface area contributed by atoms with Gasteiger partial charge < -0.3 is 26.5 Å². The van der Waals surface area contributed by atoms with Crippen LogP contribution in [-0.2, 0) is 16.1 Å². The molecule has 30 heavy (non-hydrogen) atoms. The summed E-state index contributed by atoms with van der Waals surface area (Å²) in [6.45, 7) is 0. The van der Waals surface area contributed by atoms with Gasteiger partial charge in [-0.2, -0.15) is 0 Å². The summed E-state index contributed by atoms with van der Waals surface area (Å²) in [5.41, 5.74) is 6.66. The van der Waals surface area contributed by atoms with Crippen LogP contribution >= 0.6 is 15.9 Å². The molecule has 4 N–H and O–H groups in total. The third kappa shape index (κ3) is 6.16. The van der Waals surface area contributed by atoms with Crippen LogP contribution in [0.5, 0.6) is 5.75 Å². The van der Waals surface area contributed by atoms with E-state index in [0.717, 1.165) is 17.3 Å². The van der Waals surface area contributed by atoms with Crippen molar-refractivity contribution in [3.63, 3.8) is 0 Å². The zero-order valence-corrected chi connectivity index (χ0v) is 20.5. The minimum absolute atomic E-state index is 0. The van der Waals surface area contributed by atoms with E-state index in [1.807, 2.05) is 0 Å². The number of nitrogens with two attached hydrogens (primary N) is 1. The second-order valence-electron chi connectivity index (χ2n) is 6.21. The zero-order chi connectivity index (χ0) is 21.0. The smallest absolute Gasteiger partial charge is 1.00 e. The fourth-order valence-electron chi connectivity index (χ4n) is 2.92. The summed E-state index contributed by atoms with van der Waals surface area (Å²) >= 11 is 0.682. The molecule has 0 saturated carbocycles. The van der Waals surface area contributed by atoms with E-state index in [2.05, 4.69) is 26.0 Å². The summed E-state index contributed by atoms with van der Waals surface area (Å²) in [6, 6.07) is 9.68. The molecular formula is C19H18BrN3NaO5S-. The quantitative estimate of drug-likeness (QED) is 0.220. The molecule has 0 radical (unpaired) electrons. The van der Waals surface area contributed by atoms with Gasteiger partial charge in [-0.3, -0.25) is 9.00 Å². The molecule has 154 valence electrons. The van der Waals surface area contributed by atoms with E-state index in [4.69, 9.17) is 10.5 Å². The van der Waals surface area contributed by atoms with Gasteiger partial charge in [0.05, 0.1) is 11.4 Å². The second-order valence-corrected chi connectivity index (χ2v) is 7.79. The van der Waals surface area contributed by atoms with E-state index in [9.17, 15) is 18.4 Å². The molecule has 1 unspecified atom stereocenters. The van der Waals surface area contributed by atoms with Gasteiger partial charge in [-0.05, 0) is 55.7 Å². The Labute approximate surface area is 208 Å². The Morgan fingerprint density at radius 3 is 2.47 bits per heavy atom. The van der Waals surface area contributed by atoms with Gasteiger partial charge in [-0.15, -0.1) is 0 Å². The number of esters is 1. The Morgan fingerprint density at radius 1 is 1.20 bits per heavy atom. The molecule has 0 bridgehead atoms. The van der Waals surface area contributed by atoms with Gasteiger partial charge in [0, 0.05) is 27.0 Å². The zero-order valence-electron chi connectivity index (χ0n) is 17.1. The molecule has 0 aromatic heterocycles. The van der Waals surface area contributed by atoms with Gasteiger partial charge in [-0.1, -0.05) is 22.0 Å². The number of carbonyl (C=O) groups is 2. The van der Waals surface area contributed by atoms with Crippen LogP contribution in [0.2, 0.25) is 0 Å². The third-order valence-electron chi connectivity index (χ3n) is 4.23. The predicted molar refractivity (Wildman–Crippen MR) is 114 cm³/mol. The van der Waals surface area contributed by atoms with Crippen molar-refractivity contribution in [3.8, 4) is 5.75 Å². The van der Waals surface area contributed by atoms with E-state index in [0.29, 0.717) is 17.7 Å². The van der Waals surface area contributed by atoms with Gasteiger partial charge in [0.15, 0.2) is 0 Å². The number of nitrogens with one attached hydrogen (secondary N) is 2. The maximum atomic E-state index is 12.4. The molecule has 2 aromatic rings. The molecule has 1 amide bonds. The summed E-state index contributed by atoms with van der Waals surface area (Å²) in [6.07, 6.45) is 4.05. The number of allylic oxidation sites excluding steroid dienone is 1. The van der Waals surface area contributed by atoms with Crippen LogP contribution < -0.4 is 50.1 Å². The van der Waals surface area contributed by atoms with Crippen LogP contribution in [0.3, 0.4) is 0 Å². The molecule has 0 heterocycles. The van der Waals surface area contributed by atoms with Crippen LogP contribution in [0, 0.1) is 0 Å². The number of hydrogen-bond donors (Lipinski definition) is 3. The molecule has 0 spiro atoms. The molecule has 1 aliphatic rings. The van der Waals surface area contributed by atoms with E-state index in [-0.39, 0.29) is 53.7 Å². The SMILES string of the molecule is NC(=O)c1c(OC(=O)C2=CCCC2)ccc(NS(=O)[O-])c1Nc1ccc(Br)cc1.[H-].[Na+]. The first-order valence-corrected chi connectivity index (χ1v) is 10.5. The Hall–Kier alpha value is -1.69.